The summed E-state index contributed by atoms with van der Waals surface area (Å²) in [7, 11) is 0. The lowest BCUT2D eigenvalue weighted by molar-refractivity contribution is 0.673. The summed E-state index contributed by atoms with van der Waals surface area (Å²) in [5.74, 6) is 0. The molecule has 0 amide bonds. The van der Waals surface area contributed by atoms with Crippen LogP contribution in [-0.4, -0.2) is 0 Å². The Morgan fingerprint density at radius 3 is 1.73 bits per heavy atom. The molecule has 0 N–H and O–H groups in total. The van der Waals surface area contributed by atoms with E-state index >= 15 is 0 Å². The Labute approximate surface area is 330 Å². The summed E-state index contributed by atoms with van der Waals surface area (Å²) in [6.45, 7) is 0. The van der Waals surface area contributed by atoms with Crippen LogP contribution in [0.15, 0.2) is 192 Å². The zero-order valence-corrected chi connectivity index (χ0v) is 31.7. The van der Waals surface area contributed by atoms with Crippen LogP contribution in [0, 0.1) is 0 Å². The molecular formula is C52H31NOS2. The van der Waals surface area contributed by atoms with Gasteiger partial charge in [-0.2, -0.15) is 0 Å². The predicted octanol–water partition coefficient (Wildman–Crippen LogP) is 16.3. The summed E-state index contributed by atoms with van der Waals surface area (Å²) in [5, 5.41) is 9.84. The van der Waals surface area contributed by atoms with E-state index in [4.69, 9.17) is 4.42 Å². The second kappa shape index (κ2) is 12.4. The highest BCUT2D eigenvalue weighted by atomic mass is 32.1. The van der Waals surface area contributed by atoms with E-state index < -0.39 is 0 Å². The van der Waals surface area contributed by atoms with Crippen molar-refractivity contribution >= 4 is 113 Å². The van der Waals surface area contributed by atoms with Crippen LogP contribution < -0.4 is 4.90 Å². The van der Waals surface area contributed by atoms with E-state index in [1.54, 1.807) is 0 Å². The van der Waals surface area contributed by atoms with Crippen molar-refractivity contribution in [1.82, 2.24) is 0 Å². The molecule has 9 aromatic carbocycles. The molecule has 0 fully saturated rings. The monoisotopic (exact) mass is 749 g/mol. The number of hydrogen-bond acceptors (Lipinski definition) is 4. The summed E-state index contributed by atoms with van der Waals surface area (Å²) in [6.07, 6.45) is 0. The van der Waals surface area contributed by atoms with Crippen LogP contribution in [0.2, 0.25) is 0 Å². The maximum atomic E-state index is 6.55. The molecule has 12 aromatic rings. The van der Waals surface area contributed by atoms with Gasteiger partial charge < -0.3 is 9.32 Å². The first-order chi connectivity index (χ1) is 27.8. The van der Waals surface area contributed by atoms with Gasteiger partial charge in [0.15, 0.2) is 0 Å². The lowest BCUT2D eigenvalue weighted by Gasteiger charge is -2.26. The second-order valence-corrected chi connectivity index (χ2v) is 16.5. The Bertz CT molecular complexity index is 3480. The molecule has 3 heterocycles. The van der Waals surface area contributed by atoms with Gasteiger partial charge in [0.25, 0.3) is 0 Å². The zero-order chi connectivity index (χ0) is 36.7. The molecule has 0 unspecified atom stereocenters. The number of furan rings is 1. The molecule has 262 valence electrons. The molecule has 0 aliphatic heterocycles. The van der Waals surface area contributed by atoms with Gasteiger partial charge >= 0.3 is 0 Å². The first-order valence-corrected chi connectivity index (χ1v) is 20.5. The molecule has 0 saturated carbocycles. The molecule has 0 atom stereocenters. The molecule has 0 spiro atoms. The van der Waals surface area contributed by atoms with Gasteiger partial charge in [-0.05, 0) is 88.3 Å². The van der Waals surface area contributed by atoms with Crippen LogP contribution in [0.4, 0.5) is 17.1 Å². The highest BCUT2D eigenvalue weighted by Crippen LogP contribution is 2.47. The molecule has 3 aromatic heterocycles. The molecule has 0 bridgehead atoms. The average molecular weight is 750 g/mol. The molecule has 56 heavy (non-hydrogen) atoms. The fraction of sp³-hybridized carbons (Fsp3) is 0. The first kappa shape index (κ1) is 31.6. The molecule has 0 radical (unpaired) electrons. The van der Waals surface area contributed by atoms with Crippen molar-refractivity contribution in [3.8, 4) is 22.3 Å². The van der Waals surface area contributed by atoms with Crippen LogP contribution in [-0.2, 0) is 0 Å². The van der Waals surface area contributed by atoms with E-state index in [1.165, 1.54) is 68.1 Å². The number of nitrogens with zero attached hydrogens (tertiary/aromatic N) is 1. The van der Waals surface area contributed by atoms with Crippen molar-refractivity contribution in [3.05, 3.63) is 188 Å². The Kier molecular flexibility index (Phi) is 7.00. The largest absolute Gasteiger partial charge is 0.455 e. The maximum Gasteiger partial charge on any atom is 0.143 e. The molecule has 0 saturated heterocycles. The molecule has 0 aliphatic carbocycles. The van der Waals surface area contributed by atoms with Gasteiger partial charge in [0.05, 0.1) is 10.4 Å². The smallest absolute Gasteiger partial charge is 0.143 e. The number of rotatable bonds is 5. The SMILES string of the molecule is c1ccc2c(c1)ccc1c2oc2cccc(-c3ccc(N(c4ccc(-c5cccc6sc7ccccc7c56)cc4)c4cccc5c4sc4ccccc45)cc3)c21. The van der Waals surface area contributed by atoms with Gasteiger partial charge in [0.1, 0.15) is 11.2 Å². The summed E-state index contributed by atoms with van der Waals surface area (Å²) in [6, 6.07) is 68.4. The van der Waals surface area contributed by atoms with Crippen molar-refractivity contribution in [3.63, 3.8) is 0 Å². The molecule has 0 aliphatic rings. The maximum absolute atomic E-state index is 6.55. The number of thiophene rings is 2. The van der Waals surface area contributed by atoms with E-state index in [2.05, 4.69) is 193 Å². The van der Waals surface area contributed by atoms with Crippen LogP contribution in [0.3, 0.4) is 0 Å². The Balaban J connectivity index is 1.01. The van der Waals surface area contributed by atoms with Gasteiger partial charge in [-0.15, -0.1) is 22.7 Å². The fourth-order valence-electron chi connectivity index (χ4n) is 8.73. The third-order valence-electron chi connectivity index (χ3n) is 11.3. The van der Waals surface area contributed by atoms with Crippen molar-refractivity contribution in [2.45, 2.75) is 0 Å². The van der Waals surface area contributed by atoms with E-state index in [9.17, 15) is 0 Å². The third kappa shape index (κ3) is 4.80. The minimum atomic E-state index is 0.905. The van der Waals surface area contributed by atoms with Gasteiger partial charge in [-0.1, -0.05) is 127 Å². The Morgan fingerprint density at radius 1 is 0.375 bits per heavy atom. The third-order valence-corrected chi connectivity index (χ3v) is 13.6. The van der Waals surface area contributed by atoms with Crippen molar-refractivity contribution < 1.29 is 4.42 Å². The summed E-state index contributed by atoms with van der Waals surface area (Å²) in [4.78, 5) is 2.42. The number of anilines is 3. The molecule has 2 nitrogen and oxygen atoms in total. The minimum absolute atomic E-state index is 0.905. The zero-order valence-electron chi connectivity index (χ0n) is 30.1. The van der Waals surface area contributed by atoms with Crippen LogP contribution in [0.5, 0.6) is 0 Å². The average Bonchev–Trinajstić information content (AvgIpc) is 3.96. The van der Waals surface area contributed by atoms with E-state index in [0.29, 0.717) is 0 Å². The fourth-order valence-corrected chi connectivity index (χ4v) is 11.1. The quantitative estimate of drug-likeness (QED) is 0.174. The summed E-state index contributed by atoms with van der Waals surface area (Å²) in [5.41, 5.74) is 10.0. The van der Waals surface area contributed by atoms with Gasteiger partial charge in [0, 0.05) is 63.2 Å². The number of fused-ring (bicyclic) bond motifs is 11. The molecule has 4 heteroatoms. The topological polar surface area (TPSA) is 16.4 Å². The van der Waals surface area contributed by atoms with Crippen LogP contribution in [0.25, 0.3) is 95.3 Å². The standard InChI is InChI=1S/C52H31NOS2/c1-2-11-39-32(10-1)26-31-43-49-37(14-8-18-45(49)54-51(39)43)33-22-27-35(28-23-33)53(44-17-7-16-41-40-12-3-5-19-46(40)56-52(41)44)36-29-24-34(25-30-36)38-15-9-21-48-50(38)42-13-4-6-20-47(42)55-48/h1-31H. The van der Waals surface area contributed by atoms with E-state index in [-0.39, 0.29) is 0 Å². The summed E-state index contributed by atoms with van der Waals surface area (Å²) < 4.78 is 11.8. The van der Waals surface area contributed by atoms with Crippen molar-refractivity contribution in [1.29, 1.82) is 0 Å². The normalized spacial score (nSPS) is 11.9. The highest BCUT2D eigenvalue weighted by Gasteiger charge is 2.20. The predicted molar refractivity (Wildman–Crippen MR) is 243 cm³/mol. The molecule has 12 rings (SSSR count). The highest BCUT2D eigenvalue weighted by molar-refractivity contribution is 7.26. The van der Waals surface area contributed by atoms with E-state index in [0.717, 1.165) is 44.3 Å². The second-order valence-electron chi connectivity index (χ2n) is 14.4. The van der Waals surface area contributed by atoms with Crippen LogP contribution >= 0.6 is 22.7 Å². The van der Waals surface area contributed by atoms with Gasteiger partial charge in [0.2, 0.25) is 0 Å². The Hall–Kier alpha value is -6.72. The minimum Gasteiger partial charge on any atom is -0.455 e. The number of benzene rings is 9. The summed E-state index contributed by atoms with van der Waals surface area (Å²) >= 11 is 3.73. The Morgan fingerprint density at radius 2 is 0.964 bits per heavy atom. The molecular weight excluding hydrogens is 719 g/mol. The van der Waals surface area contributed by atoms with Crippen LogP contribution in [0.1, 0.15) is 0 Å². The first-order valence-electron chi connectivity index (χ1n) is 18.9. The van der Waals surface area contributed by atoms with Crippen molar-refractivity contribution in [2.24, 2.45) is 0 Å². The lowest BCUT2D eigenvalue weighted by Crippen LogP contribution is -2.10. The van der Waals surface area contributed by atoms with Gasteiger partial charge in [-0.3, -0.25) is 0 Å². The lowest BCUT2D eigenvalue weighted by atomic mass is 9.97. The van der Waals surface area contributed by atoms with E-state index in [1.807, 2.05) is 22.7 Å². The number of hydrogen-bond donors (Lipinski definition) is 0. The van der Waals surface area contributed by atoms with Crippen molar-refractivity contribution in [2.75, 3.05) is 4.90 Å². The van der Waals surface area contributed by atoms with Gasteiger partial charge in [-0.25, -0.2) is 0 Å².